The van der Waals surface area contributed by atoms with Crippen molar-refractivity contribution >= 4 is 22.7 Å². The monoisotopic (exact) mass is 353 g/mol. The van der Waals surface area contributed by atoms with E-state index in [4.69, 9.17) is 9.72 Å². The van der Waals surface area contributed by atoms with Gasteiger partial charge in [-0.2, -0.15) is 0 Å². The number of thioether (sulfide) groups is 1. The van der Waals surface area contributed by atoms with Crippen molar-refractivity contribution in [3.8, 4) is 5.82 Å². The second-order valence-corrected chi connectivity index (χ2v) is 7.18. The van der Waals surface area contributed by atoms with Crippen molar-refractivity contribution in [1.29, 1.82) is 0 Å². The number of hydrogen-bond donors (Lipinski definition) is 0. The van der Waals surface area contributed by atoms with Gasteiger partial charge in [0.15, 0.2) is 5.16 Å². The van der Waals surface area contributed by atoms with E-state index in [9.17, 15) is 4.79 Å². The summed E-state index contributed by atoms with van der Waals surface area (Å²) in [5.74, 6) is 1.40. The van der Waals surface area contributed by atoms with Crippen molar-refractivity contribution in [1.82, 2.24) is 14.5 Å². The molecule has 4 rings (SSSR count). The largest absolute Gasteiger partial charge is 0.377 e. The van der Waals surface area contributed by atoms with E-state index in [0.29, 0.717) is 21.9 Å². The lowest BCUT2D eigenvalue weighted by atomic mass is 10.2. The fourth-order valence-corrected chi connectivity index (χ4v) is 4.06. The smallest absolute Gasteiger partial charge is 0.267 e. The van der Waals surface area contributed by atoms with Gasteiger partial charge in [-0.3, -0.25) is 4.79 Å². The minimum Gasteiger partial charge on any atom is -0.377 e. The molecule has 1 aliphatic rings. The first-order chi connectivity index (χ1) is 12.2. The molecule has 0 spiro atoms. The highest BCUT2D eigenvalue weighted by molar-refractivity contribution is 7.99. The minimum atomic E-state index is -0.0847. The summed E-state index contributed by atoms with van der Waals surface area (Å²) in [6.45, 7) is 2.81. The highest BCUT2D eigenvalue weighted by Crippen LogP contribution is 2.25. The first-order valence-electron chi connectivity index (χ1n) is 8.41. The van der Waals surface area contributed by atoms with E-state index >= 15 is 0 Å². The molecule has 0 N–H and O–H groups in total. The van der Waals surface area contributed by atoms with E-state index in [2.05, 4.69) is 4.98 Å². The SMILES string of the molecule is Cc1ccnc(-n2c(SC[C@@H]3CCCO3)nc3ccccc3c2=O)c1. The molecule has 1 saturated heterocycles. The average molecular weight is 353 g/mol. The lowest BCUT2D eigenvalue weighted by Gasteiger charge is -2.14. The summed E-state index contributed by atoms with van der Waals surface area (Å²) < 4.78 is 7.33. The van der Waals surface area contributed by atoms with E-state index in [1.165, 1.54) is 0 Å². The number of rotatable bonds is 4. The topological polar surface area (TPSA) is 57.0 Å². The Kier molecular flexibility index (Phi) is 4.55. The Morgan fingerprint density at radius 3 is 3.00 bits per heavy atom. The van der Waals surface area contributed by atoms with Gasteiger partial charge < -0.3 is 4.74 Å². The molecule has 0 amide bonds. The number of hydrogen-bond acceptors (Lipinski definition) is 5. The van der Waals surface area contributed by atoms with Crippen LogP contribution in [-0.2, 0) is 4.74 Å². The van der Waals surface area contributed by atoms with Gasteiger partial charge in [-0.1, -0.05) is 23.9 Å². The van der Waals surface area contributed by atoms with Gasteiger partial charge in [-0.25, -0.2) is 14.5 Å². The van der Waals surface area contributed by atoms with E-state index in [1.807, 2.05) is 43.3 Å². The molecule has 1 atom stereocenters. The maximum Gasteiger partial charge on any atom is 0.267 e. The molecular weight excluding hydrogens is 334 g/mol. The fourth-order valence-electron chi connectivity index (χ4n) is 3.00. The predicted octanol–water partition coefficient (Wildman–Crippen LogP) is 3.36. The van der Waals surface area contributed by atoms with Gasteiger partial charge in [0, 0.05) is 18.6 Å². The Morgan fingerprint density at radius 2 is 2.20 bits per heavy atom. The van der Waals surface area contributed by atoms with E-state index in [-0.39, 0.29) is 11.7 Å². The molecule has 1 aliphatic heterocycles. The van der Waals surface area contributed by atoms with Crippen molar-refractivity contribution in [2.45, 2.75) is 31.0 Å². The molecule has 0 bridgehead atoms. The van der Waals surface area contributed by atoms with Crippen LogP contribution in [0.2, 0.25) is 0 Å². The number of ether oxygens (including phenoxy) is 1. The number of aryl methyl sites for hydroxylation is 1. The Hall–Kier alpha value is -2.18. The minimum absolute atomic E-state index is 0.0847. The standard InChI is InChI=1S/C19H19N3O2S/c1-13-8-9-20-17(11-13)22-18(23)15-6-2-3-7-16(15)21-19(22)25-12-14-5-4-10-24-14/h2-3,6-9,11,14H,4-5,10,12H2,1H3/t14-/m0/s1. The zero-order valence-corrected chi connectivity index (χ0v) is 14.8. The van der Waals surface area contributed by atoms with Gasteiger partial charge >= 0.3 is 0 Å². The number of pyridine rings is 1. The summed E-state index contributed by atoms with van der Waals surface area (Å²) in [4.78, 5) is 22.2. The quantitative estimate of drug-likeness (QED) is 0.532. The predicted molar refractivity (Wildman–Crippen MR) is 99.6 cm³/mol. The molecule has 2 aromatic heterocycles. The van der Waals surface area contributed by atoms with Gasteiger partial charge in [-0.05, 0) is 49.6 Å². The van der Waals surface area contributed by atoms with Crippen molar-refractivity contribution in [3.05, 3.63) is 58.5 Å². The van der Waals surface area contributed by atoms with Crippen molar-refractivity contribution in [3.63, 3.8) is 0 Å². The van der Waals surface area contributed by atoms with E-state index in [0.717, 1.165) is 30.8 Å². The van der Waals surface area contributed by atoms with Crippen LogP contribution in [0.25, 0.3) is 16.7 Å². The second kappa shape index (κ2) is 6.98. The number of fused-ring (bicyclic) bond motifs is 1. The summed E-state index contributed by atoms with van der Waals surface area (Å²) in [7, 11) is 0. The fraction of sp³-hybridized carbons (Fsp3) is 0.316. The molecule has 25 heavy (non-hydrogen) atoms. The summed E-state index contributed by atoms with van der Waals surface area (Å²) in [6.07, 6.45) is 4.11. The molecular formula is C19H19N3O2S. The maximum atomic E-state index is 13.1. The van der Waals surface area contributed by atoms with Crippen LogP contribution in [0, 0.1) is 6.92 Å². The number of nitrogens with zero attached hydrogens (tertiary/aromatic N) is 3. The third kappa shape index (κ3) is 3.32. The van der Waals surface area contributed by atoms with E-state index in [1.54, 1.807) is 22.5 Å². The van der Waals surface area contributed by atoms with Crippen molar-refractivity contribution in [2.24, 2.45) is 0 Å². The van der Waals surface area contributed by atoms with Crippen LogP contribution < -0.4 is 5.56 Å². The van der Waals surface area contributed by atoms with Crippen LogP contribution in [0.5, 0.6) is 0 Å². The Labute approximate surface area is 150 Å². The lowest BCUT2D eigenvalue weighted by Crippen LogP contribution is -2.23. The first kappa shape index (κ1) is 16.3. The van der Waals surface area contributed by atoms with E-state index < -0.39 is 0 Å². The molecule has 0 saturated carbocycles. The molecule has 3 heterocycles. The molecule has 6 heteroatoms. The van der Waals surface area contributed by atoms with Gasteiger partial charge in [0.2, 0.25) is 0 Å². The highest BCUT2D eigenvalue weighted by Gasteiger charge is 2.19. The van der Waals surface area contributed by atoms with Crippen LogP contribution in [0.3, 0.4) is 0 Å². The van der Waals surface area contributed by atoms with Gasteiger partial charge in [0.1, 0.15) is 5.82 Å². The Balaban J connectivity index is 1.83. The molecule has 1 fully saturated rings. The van der Waals surface area contributed by atoms with Crippen molar-refractivity contribution < 1.29 is 4.74 Å². The third-order valence-electron chi connectivity index (χ3n) is 4.30. The molecule has 0 unspecified atom stereocenters. The number of aromatic nitrogens is 3. The highest BCUT2D eigenvalue weighted by atomic mass is 32.2. The Bertz CT molecular complexity index is 964. The normalized spacial score (nSPS) is 17.2. The van der Waals surface area contributed by atoms with Crippen LogP contribution in [-0.4, -0.2) is 33.0 Å². The number of benzene rings is 1. The first-order valence-corrected chi connectivity index (χ1v) is 9.40. The van der Waals surface area contributed by atoms with Crippen LogP contribution in [0.4, 0.5) is 0 Å². The second-order valence-electron chi connectivity index (χ2n) is 6.19. The summed E-state index contributed by atoms with van der Waals surface area (Å²) in [5, 5.41) is 1.27. The molecule has 1 aromatic carbocycles. The van der Waals surface area contributed by atoms with Gasteiger partial charge in [0.05, 0.1) is 17.0 Å². The Morgan fingerprint density at radius 1 is 1.32 bits per heavy atom. The third-order valence-corrected chi connectivity index (χ3v) is 5.37. The van der Waals surface area contributed by atoms with Crippen LogP contribution in [0.15, 0.2) is 52.5 Å². The number of para-hydroxylation sites is 1. The summed E-state index contributed by atoms with van der Waals surface area (Å²) in [5.41, 5.74) is 1.69. The molecule has 0 aliphatic carbocycles. The van der Waals surface area contributed by atoms with Crippen LogP contribution >= 0.6 is 11.8 Å². The molecule has 5 nitrogen and oxygen atoms in total. The zero-order valence-electron chi connectivity index (χ0n) is 14.0. The average Bonchev–Trinajstić information content (AvgIpc) is 3.13. The molecule has 128 valence electrons. The molecule has 0 radical (unpaired) electrons. The summed E-state index contributed by atoms with van der Waals surface area (Å²) in [6, 6.07) is 11.3. The van der Waals surface area contributed by atoms with Crippen LogP contribution in [0.1, 0.15) is 18.4 Å². The summed E-state index contributed by atoms with van der Waals surface area (Å²) >= 11 is 1.56. The maximum absolute atomic E-state index is 13.1. The lowest BCUT2D eigenvalue weighted by molar-refractivity contribution is 0.129. The van der Waals surface area contributed by atoms with Gasteiger partial charge in [0.25, 0.3) is 5.56 Å². The molecule has 3 aromatic rings. The zero-order chi connectivity index (χ0) is 17.2. The van der Waals surface area contributed by atoms with Crippen molar-refractivity contribution in [2.75, 3.05) is 12.4 Å². The van der Waals surface area contributed by atoms with Gasteiger partial charge in [-0.15, -0.1) is 0 Å².